The lowest BCUT2D eigenvalue weighted by molar-refractivity contribution is -0.0776. The molecule has 1 fully saturated rings. The third-order valence-corrected chi connectivity index (χ3v) is 4.32. The molecule has 3 atom stereocenters. The lowest BCUT2D eigenvalue weighted by atomic mass is 10.1. The summed E-state index contributed by atoms with van der Waals surface area (Å²) in [5.41, 5.74) is 2.39. The van der Waals surface area contributed by atoms with Crippen molar-refractivity contribution in [1.29, 1.82) is 0 Å². The summed E-state index contributed by atoms with van der Waals surface area (Å²) in [5.74, 6) is 0.671. The third-order valence-electron chi connectivity index (χ3n) is 4.32. The molecule has 25 heavy (non-hydrogen) atoms. The first kappa shape index (κ1) is 18.0. The van der Waals surface area contributed by atoms with E-state index in [4.69, 9.17) is 4.74 Å². The number of benzene rings is 1. The highest BCUT2D eigenvalue weighted by Crippen LogP contribution is 2.11. The molecule has 1 aromatic heterocycles. The predicted octanol–water partition coefficient (Wildman–Crippen LogP) is 1.04. The number of β-amino-alcohol motifs (C(OH)–C–C–N with tert-alkyl or cyclic N) is 1. The molecule has 1 saturated heterocycles. The van der Waals surface area contributed by atoms with Crippen LogP contribution in [0.3, 0.4) is 0 Å². The molecule has 7 heteroatoms. The van der Waals surface area contributed by atoms with E-state index in [2.05, 4.69) is 65.3 Å². The summed E-state index contributed by atoms with van der Waals surface area (Å²) in [6.45, 7) is 8.80. The zero-order valence-corrected chi connectivity index (χ0v) is 15.2. The second-order valence-corrected chi connectivity index (χ2v) is 7.05. The van der Waals surface area contributed by atoms with Crippen LogP contribution in [0.15, 0.2) is 24.3 Å². The summed E-state index contributed by atoms with van der Waals surface area (Å²) < 4.78 is 5.72. The molecular weight excluding hydrogens is 318 g/mol. The van der Waals surface area contributed by atoms with E-state index in [0.717, 1.165) is 18.7 Å². The zero-order chi connectivity index (χ0) is 17.8. The Hall–Kier alpha value is -1.83. The van der Waals surface area contributed by atoms with E-state index in [0.29, 0.717) is 25.3 Å². The monoisotopic (exact) mass is 345 g/mol. The third kappa shape index (κ3) is 5.32. The van der Waals surface area contributed by atoms with Crippen molar-refractivity contribution in [2.75, 3.05) is 19.6 Å². The van der Waals surface area contributed by atoms with Gasteiger partial charge in [-0.2, -0.15) is 4.80 Å². The summed E-state index contributed by atoms with van der Waals surface area (Å²) in [7, 11) is 0. The predicted molar refractivity (Wildman–Crippen MR) is 94.3 cm³/mol. The molecule has 0 unspecified atom stereocenters. The Labute approximate surface area is 148 Å². The second kappa shape index (κ2) is 8.03. The van der Waals surface area contributed by atoms with Gasteiger partial charge < -0.3 is 9.84 Å². The van der Waals surface area contributed by atoms with Crippen molar-refractivity contribution in [2.45, 2.75) is 52.0 Å². The number of aliphatic hydroxyl groups is 1. The SMILES string of the molecule is Cc1ccc(Cc2nnn(C[C@H](O)CN3C[C@@H](C)O[C@@H](C)C3)n2)cc1. The van der Waals surface area contributed by atoms with E-state index in [1.807, 2.05) is 0 Å². The van der Waals surface area contributed by atoms with E-state index in [9.17, 15) is 5.11 Å². The molecule has 1 N–H and O–H groups in total. The number of hydrogen-bond acceptors (Lipinski definition) is 6. The second-order valence-electron chi connectivity index (χ2n) is 7.05. The fourth-order valence-corrected chi connectivity index (χ4v) is 3.29. The van der Waals surface area contributed by atoms with Crippen LogP contribution in [-0.4, -0.2) is 68.2 Å². The van der Waals surface area contributed by atoms with Crippen LogP contribution in [0.1, 0.15) is 30.8 Å². The minimum absolute atomic E-state index is 0.196. The molecule has 0 saturated carbocycles. The Morgan fingerprint density at radius 3 is 2.52 bits per heavy atom. The summed E-state index contributed by atoms with van der Waals surface area (Å²) in [6.07, 6.45) is 0.511. The Morgan fingerprint density at radius 1 is 1.16 bits per heavy atom. The molecule has 0 spiro atoms. The minimum atomic E-state index is -0.529. The van der Waals surface area contributed by atoms with Crippen molar-refractivity contribution in [2.24, 2.45) is 0 Å². The summed E-state index contributed by atoms with van der Waals surface area (Å²) in [5, 5.41) is 22.9. The molecule has 2 heterocycles. The minimum Gasteiger partial charge on any atom is -0.390 e. The Balaban J connectivity index is 1.51. The Kier molecular flexibility index (Phi) is 5.78. The van der Waals surface area contributed by atoms with Crippen LogP contribution < -0.4 is 0 Å². The highest BCUT2D eigenvalue weighted by atomic mass is 16.5. The van der Waals surface area contributed by atoms with Gasteiger partial charge in [-0.05, 0) is 31.5 Å². The Morgan fingerprint density at radius 2 is 1.84 bits per heavy atom. The fraction of sp³-hybridized carbons (Fsp3) is 0.611. The van der Waals surface area contributed by atoms with Crippen LogP contribution in [0.25, 0.3) is 0 Å². The molecule has 1 aromatic carbocycles. The molecule has 2 aromatic rings. The van der Waals surface area contributed by atoms with Gasteiger partial charge in [-0.15, -0.1) is 10.2 Å². The van der Waals surface area contributed by atoms with Crippen LogP contribution in [0.2, 0.25) is 0 Å². The van der Waals surface area contributed by atoms with Crippen molar-refractivity contribution in [3.05, 3.63) is 41.2 Å². The van der Waals surface area contributed by atoms with Crippen LogP contribution in [0.4, 0.5) is 0 Å². The van der Waals surface area contributed by atoms with Crippen LogP contribution in [0, 0.1) is 6.92 Å². The molecular formula is C18H27N5O2. The fourth-order valence-electron chi connectivity index (χ4n) is 3.29. The number of tetrazole rings is 1. The first-order chi connectivity index (χ1) is 12.0. The molecule has 0 aliphatic carbocycles. The standard InChI is InChI=1S/C18H27N5O2/c1-13-4-6-16(7-5-13)8-18-19-21-23(20-18)12-17(24)11-22-9-14(2)25-15(3)10-22/h4-7,14-15,17,24H,8-12H2,1-3H3/t14-,15+,17-/m1/s1. The van der Waals surface area contributed by atoms with E-state index in [-0.39, 0.29) is 12.2 Å². The highest BCUT2D eigenvalue weighted by Gasteiger charge is 2.24. The molecule has 136 valence electrons. The number of aryl methyl sites for hydroxylation is 1. The average molecular weight is 345 g/mol. The quantitative estimate of drug-likeness (QED) is 0.843. The summed E-state index contributed by atoms with van der Waals surface area (Å²) in [6, 6.07) is 8.30. The van der Waals surface area contributed by atoms with Gasteiger partial charge in [-0.3, -0.25) is 4.90 Å². The first-order valence-corrected chi connectivity index (χ1v) is 8.86. The number of morpholine rings is 1. The van der Waals surface area contributed by atoms with E-state index in [1.165, 1.54) is 10.4 Å². The van der Waals surface area contributed by atoms with Gasteiger partial charge in [0.1, 0.15) is 0 Å². The van der Waals surface area contributed by atoms with Gasteiger partial charge in [0.05, 0.1) is 24.9 Å². The van der Waals surface area contributed by atoms with Crippen molar-refractivity contribution < 1.29 is 9.84 Å². The highest BCUT2D eigenvalue weighted by molar-refractivity contribution is 5.23. The van der Waals surface area contributed by atoms with E-state index in [1.54, 1.807) is 0 Å². The van der Waals surface area contributed by atoms with Gasteiger partial charge in [0, 0.05) is 26.1 Å². The summed E-state index contributed by atoms with van der Waals surface area (Å²) >= 11 is 0. The maximum Gasteiger partial charge on any atom is 0.179 e. The van der Waals surface area contributed by atoms with E-state index < -0.39 is 6.10 Å². The topological polar surface area (TPSA) is 76.3 Å². The van der Waals surface area contributed by atoms with Gasteiger partial charge >= 0.3 is 0 Å². The zero-order valence-electron chi connectivity index (χ0n) is 15.2. The number of ether oxygens (including phenoxy) is 1. The lowest BCUT2D eigenvalue weighted by Crippen LogP contribution is -2.48. The van der Waals surface area contributed by atoms with Crippen molar-refractivity contribution >= 4 is 0 Å². The molecule has 0 bridgehead atoms. The van der Waals surface area contributed by atoms with Crippen molar-refractivity contribution in [3.8, 4) is 0 Å². The summed E-state index contributed by atoms with van der Waals surface area (Å²) in [4.78, 5) is 3.72. The maximum absolute atomic E-state index is 10.3. The number of hydrogen-bond donors (Lipinski definition) is 1. The lowest BCUT2D eigenvalue weighted by Gasteiger charge is -2.36. The number of nitrogens with zero attached hydrogens (tertiary/aromatic N) is 5. The van der Waals surface area contributed by atoms with Crippen molar-refractivity contribution in [3.63, 3.8) is 0 Å². The van der Waals surface area contributed by atoms with Gasteiger partial charge in [-0.1, -0.05) is 29.8 Å². The normalized spacial score (nSPS) is 22.9. The number of aliphatic hydroxyl groups excluding tert-OH is 1. The van der Waals surface area contributed by atoms with Gasteiger partial charge in [0.2, 0.25) is 0 Å². The Bertz CT molecular complexity index is 662. The van der Waals surface area contributed by atoms with Gasteiger partial charge in [0.15, 0.2) is 5.82 Å². The van der Waals surface area contributed by atoms with Crippen LogP contribution >= 0.6 is 0 Å². The van der Waals surface area contributed by atoms with Crippen molar-refractivity contribution in [1.82, 2.24) is 25.1 Å². The average Bonchev–Trinajstić information content (AvgIpc) is 2.95. The smallest absolute Gasteiger partial charge is 0.179 e. The molecule has 7 nitrogen and oxygen atoms in total. The van der Waals surface area contributed by atoms with Gasteiger partial charge in [0.25, 0.3) is 0 Å². The first-order valence-electron chi connectivity index (χ1n) is 8.86. The van der Waals surface area contributed by atoms with Crippen LogP contribution in [-0.2, 0) is 17.7 Å². The molecule has 0 radical (unpaired) electrons. The maximum atomic E-state index is 10.3. The van der Waals surface area contributed by atoms with E-state index >= 15 is 0 Å². The molecule has 1 aliphatic heterocycles. The number of rotatable bonds is 6. The van der Waals surface area contributed by atoms with Gasteiger partial charge in [-0.25, -0.2) is 0 Å². The number of aromatic nitrogens is 4. The largest absolute Gasteiger partial charge is 0.390 e. The molecule has 0 amide bonds. The van der Waals surface area contributed by atoms with Crippen LogP contribution in [0.5, 0.6) is 0 Å². The molecule has 3 rings (SSSR count). The molecule has 1 aliphatic rings.